The fourth-order valence-electron chi connectivity index (χ4n) is 2.53. The van der Waals surface area contributed by atoms with Crippen LogP contribution in [0.25, 0.3) is 0 Å². The molecule has 2 atom stereocenters. The van der Waals surface area contributed by atoms with Gasteiger partial charge in [0.1, 0.15) is 0 Å². The molecule has 4 nitrogen and oxygen atoms in total. The topological polar surface area (TPSA) is 58.7 Å². The molecule has 1 rings (SSSR count). The zero-order valence-corrected chi connectivity index (χ0v) is 11.4. The molecule has 1 heterocycles. The Kier molecular flexibility index (Phi) is 6.41. The van der Waals surface area contributed by atoms with Crippen molar-refractivity contribution < 1.29 is 9.84 Å². The van der Waals surface area contributed by atoms with Crippen LogP contribution in [0.1, 0.15) is 33.6 Å². The molecule has 0 spiro atoms. The van der Waals surface area contributed by atoms with Crippen molar-refractivity contribution in [2.45, 2.75) is 51.8 Å². The van der Waals surface area contributed by atoms with Crippen LogP contribution in [0.5, 0.6) is 0 Å². The van der Waals surface area contributed by atoms with Crippen LogP contribution >= 0.6 is 0 Å². The Morgan fingerprint density at radius 1 is 1.35 bits per heavy atom. The number of piperidine rings is 1. The Balaban J connectivity index is 2.45. The second kappa shape index (κ2) is 7.31. The number of hydrogen-bond donors (Lipinski definition) is 2. The lowest BCUT2D eigenvalue weighted by Gasteiger charge is -2.40. The predicted octanol–water partition coefficient (Wildman–Crippen LogP) is 0.832. The maximum atomic E-state index is 9.51. The van der Waals surface area contributed by atoms with E-state index < -0.39 is 0 Å². The standard InChI is InChI=1S/C13H28N2O2/c1-4-17-11-5-7-15(8-6-11)12(9-16)13(14)10(2)3/h10-13,16H,4-9,14H2,1-3H3. The molecule has 0 saturated carbocycles. The van der Waals surface area contributed by atoms with Crippen molar-refractivity contribution in [3.05, 3.63) is 0 Å². The van der Waals surface area contributed by atoms with Gasteiger partial charge in [-0.2, -0.15) is 0 Å². The number of nitrogens with two attached hydrogens (primary N) is 1. The van der Waals surface area contributed by atoms with Crippen molar-refractivity contribution >= 4 is 0 Å². The molecule has 1 aliphatic heterocycles. The van der Waals surface area contributed by atoms with Crippen LogP contribution in [0.2, 0.25) is 0 Å². The second-order valence-corrected chi connectivity index (χ2v) is 5.26. The van der Waals surface area contributed by atoms with Gasteiger partial charge in [-0.25, -0.2) is 0 Å². The van der Waals surface area contributed by atoms with Gasteiger partial charge in [-0.05, 0) is 25.7 Å². The maximum Gasteiger partial charge on any atom is 0.0602 e. The minimum absolute atomic E-state index is 0.0450. The van der Waals surface area contributed by atoms with E-state index in [4.69, 9.17) is 10.5 Å². The molecule has 0 aromatic carbocycles. The molecule has 1 aliphatic rings. The summed E-state index contributed by atoms with van der Waals surface area (Å²) < 4.78 is 5.63. The summed E-state index contributed by atoms with van der Waals surface area (Å²) in [5.41, 5.74) is 6.16. The van der Waals surface area contributed by atoms with Crippen LogP contribution in [-0.2, 0) is 4.74 Å². The third kappa shape index (κ3) is 4.21. The van der Waals surface area contributed by atoms with E-state index in [2.05, 4.69) is 18.7 Å². The maximum absolute atomic E-state index is 9.51. The Morgan fingerprint density at radius 3 is 2.35 bits per heavy atom. The van der Waals surface area contributed by atoms with Crippen molar-refractivity contribution in [2.24, 2.45) is 11.7 Å². The molecule has 3 N–H and O–H groups in total. The SMILES string of the molecule is CCOC1CCN(C(CO)C(N)C(C)C)CC1. The molecule has 2 unspecified atom stereocenters. The van der Waals surface area contributed by atoms with Gasteiger partial charge < -0.3 is 15.6 Å². The summed E-state index contributed by atoms with van der Waals surface area (Å²) in [6.45, 7) is 9.17. The van der Waals surface area contributed by atoms with E-state index in [9.17, 15) is 5.11 Å². The average Bonchev–Trinajstić information content (AvgIpc) is 2.32. The van der Waals surface area contributed by atoms with Crippen LogP contribution in [0.15, 0.2) is 0 Å². The first-order valence-corrected chi connectivity index (χ1v) is 6.82. The molecule has 0 bridgehead atoms. The Hall–Kier alpha value is -0.160. The zero-order valence-electron chi connectivity index (χ0n) is 11.4. The fourth-order valence-corrected chi connectivity index (χ4v) is 2.53. The van der Waals surface area contributed by atoms with Gasteiger partial charge in [0.05, 0.1) is 12.7 Å². The van der Waals surface area contributed by atoms with Crippen molar-refractivity contribution in [1.82, 2.24) is 4.90 Å². The molecule has 17 heavy (non-hydrogen) atoms. The first kappa shape index (κ1) is 14.9. The highest BCUT2D eigenvalue weighted by Crippen LogP contribution is 2.19. The fraction of sp³-hybridized carbons (Fsp3) is 1.00. The average molecular weight is 244 g/mol. The van der Waals surface area contributed by atoms with Gasteiger partial charge in [-0.1, -0.05) is 13.8 Å². The van der Waals surface area contributed by atoms with Gasteiger partial charge in [0.15, 0.2) is 0 Å². The minimum atomic E-state index is 0.0450. The number of rotatable bonds is 6. The van der Waals surface area contributed by atoms with E-state index in [1.165, 1.54) is 0 Å². The molecule has 0 aromatic rings. The van der Waals surface area contributed by atoms with Gasteiger partial charge in [-0.3, -0.25) is 4.90 Å². The Bertz CT molecular complexity index is 204. The minimum Gasteiger partial charge on any atom is -0.395 e. The Morgan fingerprint density at radius 2 is 1.94 bits per heavy atom. The van der Waals surface area contributed by atoms with Crippen LogP contribution in [0.3, 0.4) is 0 Å². The molecule has 4 heteroatoms. The van der Waals surface area contributed by atoms with Crippen LogP contribution in [0.4, 0.5) is 0 Å². The summed E-state index contributed by atoms with van der Waals surface area (Å²) in [5, 5.41) is 9.51. The summed E-state index contributed by atoms with van der Waals surface area (Å²) in [4.78, 5) is 2.32. The van der Waals surface area contributed by atoms with Crippen LogP contribution in [-0.4, -0.2) is 54.5 Å². The molecule has 0 aliphatic carbocycles. The van der Waals surface area contributed by atoms with Crippen LogP contribution < -0.4 is 5.73 Å². The lowest BCUT2D eigenvalue weighted by atomic mass is 9.94. The molecular weight excluding hydrogens is 216 g/mol. The van der Waals surface area contributed by atoms with Gasteiger partial charge in [0.25, 0.3) is 0 Å². The number of ether oxygens (including phenoxy) is 1. The molecular formula is C13H28N2O2. The molecule has 1 saturated heterocycles. The Labute approximate surface area is 105 Å². The highest BCUT2D eigenvalue weighted by atomic mass is 16.5. The van der Waals surface area contributed by atoms with E-state index in [0.717, 1.165) is 32.5 Å². The highest BCUT2D eigenvalue weighted by molar-refractivity contribution is 4.86. The summed E-state index contributed by atoms with van der Waals surface area (Å²) in [6.07, 6.45) is 2.50. The van der Waals surface area contributed by atoms with Gasteiger partial charge in [-0.15, -0.1) is 0 Å². The lowest BCUT2D eigenvalue weighted by Crippen LogP contribution is -2.55. The van der Waals surface area contributed by atoms with E-state index in [1.54, 1.807) is 0 Å². The van der Waals surface area contributed by atoms with E-state index in [1.807, 2.05) is 6.92 Å². The van der Waals surface area contributed by atoms with Crippen molar-refractivity contribution in [3.63, 3.8) is 0 Å². The van der Waals surface area contributed by atoms with Gasteiger partial charge >= 0.3 is 0 Å². The van der Waals surface area contributed by atoms with Gasteiger partial charge in [0.2, 0.25) is 0 Å². The van der Waals surface area contributed by atoms with Crippen molar-refractivity contribution in [3.8, 4) is 0 Å². The lowest BCUT2D eigenvalue weighted by molar-refractivity contribution is -0.0100. The molecule has 0 amide bonds. The second-order valence-electron chi connectivity index (χ2n) is 5.26. The molecule has 0 aromatic heterocycles. The first-order chi connectivity index (χ1) is 8.10. The normalized spacial score (nSPS) is 22.9. The summed E-state index contributed by atoms with van der Waals surface area (Å²) in [5.74, 6) is 0.400. The van der Waals surface area contributed by atoms with Gasteiger partial charge in [0, 0.05) is 31.8 Å². The molecule has 1 fully saturated rings. The van der Waals surface area contributed by atoms with E-state index in [0.29, 0.717) is 12.0 Å². The molecule has 0 radical (unpaired) electrons. The van der Waals surface area contributed by atoms with Crippen LogP contribution in [0, 0.1) is 5.92 Å². The number of aliphatic hydroxyl groups excluding tert-OH is 1. The van der Waals surface area contributed by atoms with E-state index in [-0.39, 0.29) is 18.7 Å². The van der Waals surface area contributed by atoms with Crippen molar-refractivity contribution in [2.75, 3.05) is 26.3 Å². The largest absolute Gasteiger partial charge is 0.395 e. The number of hydrogen-bond acceptors (Lipinski definition) is 4. The smallest absolute Gasteiger partial charge is 0.0602 e. The molecule has 102 valence electrons. The summed E-state index contributed by atoms with van der Waals surface area (Å²) >= 11 is 0. The summed E-state index contributed by atoms with van der Waals surface area (Å²) in [6, 6.07) is 0.140. The number of aliphatic hydroxyl groups is 1. The zero-order chi connectivity index (χ0) is 12.8. The summed E-state index contributed by atoms with van der Waals surface area (Å²) in [7, 11) is 0. The highest BCUT2D eigenvalue weighted by Gasteiger charge is 2.29. The predicted molar refractivity (Wildman–Crippen MR) is 69.9 cm³/mol. The monoisotopic (exact) mass is 244 g/mol. The third-order valence-corrected chi connectivity index (χ3v) is 3.75. The van der Waals surface area contributed by atoms with Crippen molar-refractivity contribution in [1.29, 1.82) is 0 Å². The quantitative estimate of drug-likeness (QED) is 0.726. The first-order valence-electron chi connectivity index (χ1n) is 6.82. The number of likely N-dealkylation sites (tertiary alicyclic amines) is 1. The number of nitrogens with zero attached hydrogens (tertiary/aromatic N) is 1. The third-order valence-electron chi connectivity index (χ3n) is 3.75. The van der Waals surface area contributed by atoms with E-state index >= 15 is 0 Å².